The predicted molar refractivity (Wildman–Crippen MR) is 120 cm³/mol. The molecule has 160 valence electrons. The topological polar surface area (TPSA) is 80.3 Å². The highest BCUT2D eigenvalue weighted by Crippen LogP contribution is 2.22. The Kier molecular flexibility index (Phi) is 10.1. The van der Waals surface area contributed by atoms with Crippen LogP contribution < -0.4 is 4.72 Å². The Morgan fingerprint density at radius 2 is 1.69 bits per heavy atom. The lowest BCUT2D eigenvalue weighted by Crippen LogP contribution is -2.23. The van der Waals surface area contributed by atoms with E-state index in [2.05, 4.69) is 4.72 Å². The number of sulfone groups is 1. The van der Waals surface area contributed by atoms with Crippen molar-refractivity contribution < 1.29 is 16.8 Å². The molecule has 5 nitrogen and oxygen atoms in total. The normalized spacial score (nSPS) is 16.4. The van der Waals surface area contributed by atoms with Crippen LogP contribution in [-0.2, 0) is 19.9 Å². The van der Waals surface area contributed by atoms with Gasteiger partial charge in [0, 0.05) is 17.0 Å². The van der Waals surface area contributed by atoms with Gasteiger partial charge in [-0.25, -0.2) is 16.8 Å². The molecular formula is C22H31NO4S2. The molecule has 0 amide bonds. The first kappa shape index (κ1) is 24.9. The summed E-state index contributed by atoms with van der Waals surface area (Å²) in [7, 11) is -7.19. The van der Waals surface area contributed by atoms with Crippen LogP contribution in [0.15, 0.2) is 82.3 Å². The van der Waals surface area contributed by atoms with Gasteiger partial charge in [0.1, 0.15) is 0 Å². The van der Waals surface area contributed by atoms with E-state index < -0.39 is 25.1 Å². The quantitative estimate of drug-likeness (QED) is 0.487. The van der Waals surface area contributed by atoms with Gasteiger partial charge < -0.3 is 0 Å². The van der Waals surface area contributed by atoms with Crippen LogP contribution in [0.2, 0.25) is 0 Å². The second-order valence-electron chi connectivity index (χ2n) is 6.20. The van der Waals surface area contributed by atoms with Crippen LogP contribution in [0.4, 0.5) is 0 Å². The van der Waals surface area contributed by atoms with E-state index in [1.807, 2.05) is 26.0 Å². The number of allylic oxidation sites excluding steroid dienone is 6. The number of hydrogen-bond donors (Lipinski definition) is 1. The molecule has 0 fully saturated rings. The summed E-state index contributed by atoms with van der Waals surface area (Å²) >= 11 is 0. The molecule has 0 saturated heterocycles. The Bertz CT molecular complexity index is 971. The number of sulfonamides is 1. The van der Waals surface area contributed by atoms with Gasteiger partial charge in [-0.3, -0.25) is 4.72 Å². The van der Waals surface area contributed by atoms with Gasteiger partial charge in [-0.05, 0) is 44.9 Å². The van der Waals surface area contributed by atoms with E-state index in [9.17, 15) is 16.8 Å². The third-order valence-electron chi connectivity index (χ3n) is 4.21. The Labute approximate surface area is 175 Å². The van der Waals surface area contributed by atoms with Crippen molar-refractivity contribution in [1.29, 1.82) is 0 Å². The van der Waals surface area contributed by atoms with Gasteiger partial charge in [0.25, 0.3) is 10.0 Å². The van der Waals surface area contributed by atoms with Crippen molar-refractivity contribution in [3.8, 4) is 0 Å². The SMILES string of the molecule is C/C=C(\C=C/C(C)S(=O)(=O)C1=CCCC=CC1)NS(=O)(=O)c1ccccc1.CC. The van der Waals surface area contributed by atoms with Gasteiger partial charge in [-0.1, -0.05) is 62.4 Å². The summed E-state index contributed by atoms with van der Waals surface area (Å²) in [6, 6.07) is 8.02. The summed E-state index contributed by atoms with van der Waals surface area (Å²) in [5.74, 6) is 0. The van der Waals surface area contributed by atoms with Gasteiger partial charge in [-0.2, -0.15) is 0 Å². The lowest BCUT2D eigenvalue weighted by molar-refractivity contribution is 0.589. The van der Waals surface area contributed by atoms with Crippen LogP contribution in [0.25, 0.3) is 0 Å². The molecule has 0 spiro atoms. The fourth-order valence-electron chi connectivity index (χ4n) is 2.56. The van der Waals surface area contributed by atoms with Crippen LogP contribution >= 0.6 is 0 Å². The number of rotatable bonds is 7. The molecule has 0 radical (unpaired) electrons. The van der Waals surface area contributed by atoms with Crippen LogP contribution in [0.5, 0.6) is 0 Å². The summed E-state index contributed by atoms with van der Waals surface area (Å²) in [6.07, 6.45) is 12.2. The fourth-order valence-corrected chi connectivity index (χ4v) is 5.13. The minimum absolute atomic E-state index is 0.147. The van der Waals surface area contributed by atoms with Gasteiger partial charge in [0.2, 0.25) is 0 Å². The van der Waals surface area contributed by atoms with E-state index in [1.165, 1.54) is 24.3 Å². The van der Waals surface area contributed by atoms with Crippen molar-refractivity contribution in [2.45, 2.75) is 57.1 Å². The summed E-state index contributed by atoms with van der Waals surface area (Å²) in [5.41, 5.74) is 0.315. The first-order valence-electron chi connectivity index (χ1n) is 9.77. The average Bonchev–Trinajstić information content (AvgIpc) is 3.03. The van der Waals surface area contributed by atoms with Crippen molar-refractivity contribution in [2.24, 2.45) is 0 Å². The largest absolute Gasteiger partial charge is 0.280 e. The van der Waals surface area contributed by atoms with Gasteiger partial charge >= 0.3 is 0 Å². The third kappa shape index (κ3) is 7.33. The summed E-state index contributed by atoms with van der Waals surface area (Å²) in [4.78, 5) is 0.564. The molecule has 0 bridgehead atoms. The van der Waals surface area contributed by atoms with Crippen LogP contribution in [0.1, 0.15) is 47.0 Å². The summed E-state index contributed by atoms with van der Waals surface area (Å²) in [6.45, 7) is 7.28. The predicted octanol–water partition coefficient (Wildman–Crippen LogP) is 4.88. The number of benzene rings is 1. The average molecular weight is 438 g/mol. The van der Waals surface area contributed by atoms with Crippen molar-refractivity contribution in [1.82, 2.24) is 4.72 Å². The second kappa shape index (κ2) is 11.8. The van der Waals surface area contributed by atoms with Crippen molar-refractivity contribution in [3.05, 3.63) is 77.4 Å². The van der Waals surface area contributed by atoms with E-state index in [4.69, 9.17) is 0 Å². The monoisotopic (exact) mass is 437 g/mol. The molecular weight excluding hydrogens is 406 g/mol. The maximum Gasteiger partial charge on any atom is 0.261 e. The molecule has 1 aromatic rings. The molecule has 1 aromatic carbocycles. The molecule has 0 aromatic heterocycles. The van der Waals surface area contributed by atoms with Gasteiger partial charge in [0.15, 0.2) is 9.84 Å². The molecule has 1 N–H and O–H groups in total. The molecule has 0 aliphatic heterocycles. The molecule has 7 heteroatoms. The maximum atomic E-state index is 12.7. The molecule has 29 heavy (non-hydrogen) atoms. The van der Waals surface area contributed by atoms with Crippen LogP contribution in [-0.4, -0.2) is 22.1 Å². The van der Waals surface area contributed by atoms with Crippen molar-refractivity contribution in [3.63, 3.8) is 0 Å². The molecule has 2 rings (SSSR count). The zero-order chi connectivity index (χ0) is 21.9. The lowest BCUT2D eigenvalue weighted by atomic mass is 10.3. The van der Waals surface area contributed by atoms with Crippen molar-refractivity contribution in [2.75, 3.05) is 0 Å². The van der Waals surface area contributed by atoms with Crippen LogP contribution in [0, 0.1) is 0 Å². The summed E-state index contributed by atoms with van der Waals surface area (Å²) < 4.78 is 52.8. The standard InChI is InChI=1S/C20H25NO4S2.C2H6/c1-3-18(21-27(24,25)20-13-9-6-10-14-20)16-15-17(2)26(22,23)19-11-7-4-5-8-12-19;1-2/h3-4,6-7,9-10,12-17,21H,5,8,11H2,1-2H3;1-2H3/b16-15-,18-3+;. The molecule has 1 aliphatic carbocycles. The Morgan fingerprint density at radius 1 is 1.03 bits per heavy atom. The zero-order valence-corrected chi connectivity index (χ0v) is 19.1. The second-order valence-corrected chi connectivity index (χ2v) is 10.2. The van der Waals surface area contributed by atoms with Crippen molar-refractivity contribution >= 4 is 19.9 Å². The van der Waals surface area contributed by atoms with Gasteiger partial charge in [-0.15, -0.1) is 0 Å². The molecule has 1 aliphatic rings. The Hall–Kier alpha value is -2.12. The Morgan fingerprint density at radius 3 is 2.31 bits per heavy atom. The highest BCUT2D eigenvalue weighted by molar-refractivity contribution is 7.96. The molecule has 1 unspecified atom stereocenters. The zero-order valence-electron chi connectivity index (χ0n) is 17.5. The summed E-state index contributed by atoms with van der Waals surface area (Å²) in [5, 5.41) is -0.758. The van der Waals surface area contributed by atoms with Gasteiger partial charge in [0.05, 0.1) is 10.1 Å². The molecule has 1 atom stereocenters. The minimum Gasteiger partial charge on any atom is -0.280 e. The molecule has 0 saturated carbocycles. The highest BCUT2D eigenvalue weighted by atomic mass is 32.2. The van der Waals surface area contributed by atoms with E-state index in [0.29, 0.717) is 23.4 Å². The number of hydrogen-bond acceptors (Lipinski definition) is 4. The third-order valence-corrected chi connectivity index (χ3v) is 7.81. The smallest absolute Gasteiger partial charge is 0.261 e. The molecule has 0 heterocycles. The maximum absolute atomic E-state index is 12.7. The van der Waals surface area contributed by atoms with E-state index in [1.54, 1.807) is 44.2 Å². The minimum atomic E-state index is -3.72. The van der Waals surface area contributed by atoms with Crippen LogP contribution in [0.3, 0.4) is 0 Å². The number of nitrogens with one attached hydrogen (secondary N) is 1. The fraction of sp³-hybridized carbons (Fsp3) is 0.364. The lowest BCUT2D eigenvalue weighted by Gasteiger charge is -2.12. The first-order valence-corrected chi connectivity index (χ1v) is 12.8. The first-order chi connectivity index (χ1) is 13.8. The van der Waals surface area contributed by atoms with E-state index >= 15 is 0 Å². The van der Waals surface area contributed by atoms with E-state index in [0.717, 1.165) is 6.42 Å². The van der Waals surface area contributed by atoms with E-state index in [-0.39, 0.29) is 4.90 Å². The highest BCUT2D eigenvalue weighted by Gasteiger charge is 2.23. The Balaban J connectivity index is 0.00000204.